The number of benzene rings is 3. The van der Waals surface area contributed by atoms with Gasteiger partial charge in [-0.25, -0.2) is 4.79 Å². The highest BCUT2D eigenvalue weighted by molar-refractivity contribution is 8.00. The van der Waals surface area contributed by atoms with Crippen molar-refractivity contribution in [1.82, 2.24) is 5.32 Å². The number of thioether (sulfide) groups is 1. The zero-order chi connectivity index (χ0) is 36.5. The lowest BCUT2D eigenvalue weighted by molar-refractivity contribution is -0.116. The molecule has 0 fully saturated rings. The SMILES string of the molecule is CCC(Sc1cccc(NC(=O)/C(=C\c2cc(OC)ccc2OC)NC(=O)c2ccccc2)c1)C(=O)Nc1sc2c(c1C(=O)OC)CCC(C)C2. The number of thiophene rings is 1. The summed E-state index contributed by atoms with van der Waals surface area (Å²) in [5, 5.41) is 8.69. The first-order chi connectivity index (χ1) is 24.6. The van der Waals surface area contributed by atoms with Crippen LogP contribution >= 0.6 is 23.1 Å². The summed E-state index contributed by atoms with van der Waals surface area (Å²) in [5.74, 6) is -0.166. The molecular weight excluding hydrogens is 687 g/mol. The maximum Gasteiger partial charge on any atom is 0.341 e. The number of ether oxygens (including phenoxy) is 3. The summed E-state index contributed by atoms with van der Waals surface area (Å²) in [7, 11) is 4.40. The van der Waals surface area contributed by atoms with E-state index in [1.165, 1.54) is 50.5 Å². The maximum absolute atomic E-state index is 13.8. The Hall–Kier alpha value is -5.07. The number of rotatable bonds is 13. The van der Waals surface area contributed by atoms with Crippen LogP contribution in [0.4, 0.5) is 10.7 Å². The number of hydrogen-bond acceptors (Lipinski definition) is 9. The Bertz CT molecular complexity index is 1940. The lowest BCUT2D eigenvalue weighted by Gasteiger charge is -2.18. The number of methoxy groups -OCH3 is 3. The standard InChI is InChI=1S/C39H41N3O7S2/c1-6-32(37(45)42-38-34(39(46)49-5)29-17-15-23(2)19-33(29)51-38)50-28-14-10-13-26(22-28)40-36(44)30(41-35(43)24-11-8-7-9-12-24)21-25-20-27(47-3)16-18-31(25)48-4/h7-14,16,18,20-23,32H,6,15,17,19H2,1-5H3,(H,40,44)(H,41,43)(H,42,45)/b30-21+. The highest BCUT2D eigenvalue weighted by atomic mass is 32.2. The van der Waals surface area contributed by atoms with Gasteiger partial charge in [0.2, 0.25) is 5.91 Å². The molecule has 0 spiro atoms. The molecule has 0 saturated heterocycles. The average molecular weight is 728 g/mol. The molecule has 2 unspecified atom stereocenters. The molecule has 0 aliphatic heterocycles. The van der Waals surface area contributed by atoms with Gasteiger partial charge < -0.3 is 30.2 Å². The number of carbonyl (C=O) groups is 4. The van der Waals surface area contributed by atoms with Crippen LogP contribution in [-0.2, 0) is 27.2 Å². The second-order valence-electron chi connectivity index (χ2n) is 12.0. The molecule has 12 heteroatoms. The van der Waals surface area contributed by atoms with Crippen LogP contribution in [0.1, 0.15) is 63.4 Å². The molecule has 0 saturated carbocycles. The molecule has 0 radical (unpaired) electrons. The van der Waals surface area contributed by atoms with Crippen LogP contribution in [-0.4, -0.2) is 50.3 Å². The van der Waals surface area contributed by atoms with Gasteiger partial charge in [-0.05, 0) is 91.8 Å². The summed E-state index contributed by atoms with van der Waals surface area (Å²) in [5.41, 5.74) is 2.78. The lowest BCUT2D eigenvalue weighted by atomic mass is 9.88. The molecule has 5 rings (SSSR count). The molecule has 1 heterocycles. The normalized spacial score (nSPS) is 14.5. The van der Waals surface area contributed by atoms with E-state index < -0.39 is 23.0 Å². The van der Waals surface area contributed by atoms with Gasteiger partial charge in [0.1, 0.15) is 22.2 Å². The first-order valence-electron chi connectivity index (χ1n) is 16.6. The van der Waals surface area contributed by atoms with Gasteiger partial charge in [0.05, 0.1) is 32.1 Å². The number of esters is 1. The minimum absolute atomic E-state index is 0.0197. The van der Waals surface area contributed by atoms with Gasteiger partial charge in [0.25, 0.3) is 11.8 Å². The fourth-order valence-electron chi connectivity index (χ4n) is 5.73. The molecule has 10 nitrogen and oxygen atoms in total. The summed E-state index contributed by atoms with van der Waals surface area (Å²) in [6.45, 7) is 4.11. The Balaban J connectivity index is 1.35. The van der Waals surface area contributed by atoms with E-state index in [2.05, 4.69) is 22.9 Å². The van der Waals surface area contributed by atoms with Crippen molar-refractivity contribution in [2.75, 3.05) is 32.0 Å². The number of fused-ring (bicyclic) bond motifs is 1. The van der Waals surface area contributed by atoms with Gasteiger partial charge >= 0.3 is 5.97 Å². The predicted octanol–water partition coefficient (Wildman–Crippen LogP) is 7.60. The van der Waals surface area contributed by atoms with Gasteiger partial charge in [0, 0.05) is 26.6 Å². The molecule has 1 aromatic heterocycles. The van der Waals surface area contributed by atoms with E-state index in [-0.39, 0.29) is 11.6 Å². The van der Waals surface area contributed by atoms with E-state index in [1.807, 2.05) is 13.0 Å². The van der Waals surface area contributed by atoms with Crippen molar-refractivity contribution in [3.8, 4) is 11.5 Å². The largest absolute Gasteiger partial charge is 0.497 e. The third-order valence-corrected chi connectivity index (χ3v) is 11.0. The molecule has 4 aromatic rings. The first kappa shape index (κ1) is 37.2. The van der Waals surface area contributed by atoms with E-state index in [4.69, 9.17) is 14.2 Å². The molecule has 1 aliphatic carbocycles. The number of amides is 3. The Labute approximate surface area is 306 Å². The van der Waals surface area contributed by atoms with E-state index in [9.17, 15) is 19.2 Å². The predicted molar refractivity (Wildman–Crippen MR) is 202 cm³/mol. The number of anilines is 2. The molecule has 266 valence electrons. The van der Waals surface area contributed by atoms with Gasteiger partial charge in [-0.3, -0.25) is 14.4 Å². The van der Waals surface area contributed by atoms with Crippen LogP contribution in [0.5, 0.6) is 11.5 Å². The summed E-state index contributed by atoms with van der Waals surface area (Å²) in [6.07, 6.45) is 4.66. The molecule has 0 bridgehead atoms. The summed E-state index contributed by atoms with van der Waals surface area (Å²) >= 11 is 2.80. The minimum atomic E-state index is -0.567. The zero-order valence-electron chi connectivity index (χ0n) is 29.2. The molecular formula is C39H41N3O7S2. The fourth-order valence-corrected chi connectivity index (χ4v) is 8.15. The lowest BCUT2D eigenvalue weighted by Crippen LogP contribution is -2.30. The second kappa shape index (κ2) is 17.2. The Morgan fingerprint density at radius 3 is 2.45 bits per heavy atom. The van der Waals surface area contributed by atoms with Gasteiger partial charge in [-0.1, -0.05) is 38.1 Å². The monoisotopic (exact) mass is 727 g/mol. The molecule has 51 heavy (non-hydrogen) atoms. The Morgan fingerprint density at radius 2 is 1.75 bits per heavy atom. The molecule has 2 atom stereocenters. The number of hydrogen-bond donors (Lipinski definition) is 3. The highest BCUT2D eigenvalue weighted by Gasteiger charge is 2.30. The van der Waals surface area contributed by atoms with Crippen LogP contribution in [0.2, 0.25) is 0 Å². The Morgan fingerprint density at radius 1 is 0.961 bits per heavy atom. The number of carbonyl (C=O) groups excluding carboxylic acids is 4. The van der Waals surface area contributed by atoms with Crippen LogP contribution < -0.4 is 25.4 Å². The van der Waals surface area contributed by atoms with Gasteiger partial charge in [-0.2, -0.15) is 0 Å². The van der Waals surface area contributed by atoms with Crippen LogP contribution in [0, 0.1) is 5.92 Å². The zero-order valence-corrected chi connectivity index (χ0v) is 30.8. The summed E-state index contributed by atoms with van der Waals surface area (Å²) < 4.78 is 16.0. The molecule has 3 amide bonds. The topological polar surface area (TPSA) is 132 Å². The summed E-state index contributed by atoms with van der Waals surface area (Å²) in [6, 6.07) is 20.9. The smallest absolute Gasteiger partial charge is 0.341 e. The van der Waals surface area contributed by atoms with Gasteiger partial charge in [0.15, 0.2) is 0 Å². The van der Waals surface area contributed by atoms with E-state index in [1.54, 1.807) is 66.7 Å². The van der Waals surface area contributed by atoms with Crippen molar-refractivity contribution >= 4 is 63.6 Å². The van der Waals surface area contributed by atoms with Crippen molar-refractivity contribution < 1.29 is 33.4 Å². The first-order valence-corrected chi connectivity index (χ1v) is 18.3. The van der Waals surface area contributed by atoms with Crippen LogP contribution in [0.15, 0.2) is 83.4 Å². The quantitative estimate of drug-likeness (QED) is 0.0729. The van der Waals surface area contributed by atoms with E-state index in [0.29, 0.717) is 51.2 Å². The second-order valence-corrected chi connectivity index (χ2v) is 14.4. The molecule has 1 aliphatic rings. The van der Waals surface area contributed by atoms with Crippen LogP contribution in [0.25, 0.3) is 6.08 Å². The average Bonchev–Trinajstić information content (AvgIpc) is 3.49. The van der Waals surface area contributed by atoms with Crippen molar-refractivity contribution in [3.63, 3.8) is 0 Å². The van der Waals surface area contributed by atoms with Crippen molar-refractivity contribution in [2.24, 2.45) is 5.92 Å². The Kier molecular flexibility index (Phi) is 12.6. The summed E-state index contributed by atoms with van der Waals surface area (Å²) in [4.78, 5) is 55.2. The van der Waals surface area contributed by atoms with Gasteiger partial charge in [-0.15, -0.1) is 23.1 Å². The highest BCUT2D eigenvalue weighted by Crippen LogP contribution is 2.40. The van der Waals surface area contributed by atoms with E-state index in [0.717, 1.165) is 34.6 Å². The molecule has 3 N–H and O–H groups in total. The fraction of sp³-hybridized carbons (Fsp3) is 0.282. The third-order valence-electron chi connectivity index (χ3n) is 8.44. The van der Waals surface area contributed by atoms with Crippen molar-refractivity contribution in [3.05, 3.63) is 106 Å². The van der Waals surface area contributed by atoms with Crippen molar-refractivity contribution in [2.45, 2.75) is 49.7 Å². The van der Waals surface area contributed by atoms with Crippen molar-refractivity contribution in [1.29, 1.82) is 0 Å². The van der Waals surface area contributed by atoms with E-state index >= 15 is 0 Å². The van der Waals surface area contributed by atoms with Crippen LogP contribution in [0.3, 0.4) is 0 Å². The maximum atomic E-state index is 13.8. The molecule has 3 aromatic carbocycles. The number of nitrogens with one attached hydrogen (secondary N) is 3. The third kappa shape index (κ3) is 9.19. The minimum Gasteiger partial charge on any atom is -0.497 e.